The zero-order chi connectivity index (χ0) is 11.3. The first-order valence-electron chi connectivity index (χ1n) is 5.06. The quantitative estimate of drug-likeness (QED) is 0.658. The number of hydrogen-bond donors (Lipinski definition) is 1. The van der Waals surface area contributed by atoms with Gasteiger partial charge in [0, 0.05) is 5.41 Å². The van der Waals surface area contributed by atoms with Crippen LogP contribution in [0.2, 0.25) is 0 Å². The third-order valence-electron chi connectivity index (χ3n) is 3.56. The average Bonchev–Trinajstić information content (AvgIpc) is 3.06. The molecule has 2 aliphatic carbocycles. The molecule has 0 bridgehead atoms. The standard InChI is InChI=1S/C10H15NO4/c1-3-15-8(13)10(11)5-9(10)4-6(9)7(12)14-2/h6H,3-5,11H2,1-2H3. The molecule has 3 atom stereocenters. The Labute approximate surface area is 87.9 Å². The second-order valence-corrected chi connectivity index (χ2v) is 4.30. The normalized spacial score (nSPS) is 41.1. The van der Waals surface area contributed by atoms with E-state index in [1.165, 1.54) is 7.11 Å². The minimum Gasteiger partial charge on any atom is -0.469 e. The van der Waals surface area contributed by atoms with Crippen LogP contribution in [-0.4, -0.2) is 31.2 Å². The van der Waals surface area contributed by atoms with Crippen molar-refractivity contribution in [1.29, 1.82) is 0 Å². The maximum Gasteiger partial charge on any atom is 0.326 e. The minimum absolute atomic E-state index is 0.211. The molecule has 1 spiro atoms. The van der Waals surface area contributed by atoms with E-state index in [1.807, 2.05) is 0 Å². The maximum atomic E-state index is 11.5. The van der Waals surface area contributed by atoms with Gasteiger partial charge in [0.25, 0.3) is 0 Å². The first-order chi connectivity index (χ1) is 7.02. The molecule has 0 radical (unpaired) electrons. The van der Waals surface area contributed by atoms with Gasteiger partial charge >= 0.3 is 11.9 Å². The Morgan fingerprint density at radius 3 is 2.73 bits per heavy atom. The Balaban J connectivity index is 2.01. The van der Waals surface area contributed by atoms with Gasteiger partial charge in [-0.3, -0.25) is 9.59 Å². The van der Waals surface area contributed by atoms with Gasteiger partial charge in [-0.25, -0.2) is 0 Å². The molecule has 2 fully saturated rings. The number of hydrogen-bond acceptors (Lipinski definition) is 5. The van der Waals surface area contributed by atoms with Gasteiger partial charge in [-0.15, -0.1) is 0 Å². The average molecular weight is 213 g/mol. The Kier molecular flexibility index (Phi) is 2.05. The van der Waals surface area contributed by atoms with E-state index >= 15 is 0 Å². The molecule has 0 aliphatic heterocycles. The number of nitrogens with two attached hydrogens (primary N) is 1. The fourth-order valence-corrected chi connectivity index (χ4v) is 2.43. The molecule has 0 aromatic heterocycles. The molecule has 2 N–H and O–H groups in total. The smallest absolute Gasteiger partial charge is 0.326 e. The van der Waals surface area contributed by atoms with E-state index in [1.54, 1.807) is 6.92 Å². The molecule has 5 heteroatoms. The van der Waals surface area contributed by atoms with Crippen LogP contribution in [0.15, 0.2) is 0 Å². The van der Waals surface area contributed by atoms with Gasteiger partial charge < -0.3 is 15.2 Å². The monoisotopic (exact) mass is 213 g/mol. The van der Waals surface area contributed by atoms with Crippen molar-refractivity contribution in [1.82, 2.24) is 0 Å². The Morgan fingerprint density at radius 1 is 1.53 bits per heavy atom. The first kappa shape index (κ1) is 10.4. The molecule has 0 amide bonds. The van der Waals surface area contributed by atoms with Crippen LogP contribution in [0.5, 0.6) is 0 Å². The number of carbonyl (C=O) groups is 2. The lowest BCUT2D eigenvalue weighted by molar-refractivity contribution is -0.146. The van der Waals surface area contributed by atoms with Gasteiger partial charge in [0.05, 0.1) is 19.6 Å². The molecule has 3 unspecified atom stereocenters. The summed E-state index contributed by atoms with van der Waals surface area (Å²) in [5.74, 6) is -0.875. The van der Waals surface area contributed by atoms with Crippen molar-refractivity contribution in [2.75, 3.05) is 13.7 Å². The Hall–Kier alpha value is -1.10. The second kappa shape index (κ2) is 2.95. The highest BCUT2D eigenvalue weighted by molar-refractivity contribution is 5.92. The van der Waals surface area contributed by atoms with E-state index in [2.05, 4.69) is 4.74 Å². The van der Waals surface area contributed by atoms with Gasteiger partial charge in [-0.05, 0) is 19.8 Å². The molecule has 15 heavy (non-hydrogen) atoms. The summed E-state index contributed by atoms with van der Waals surface area (Å²) in [6.45, 7) is 2.05. The summed E-state index contributed by atoms with van der Waals surface area (Å²) in [6, 6.07) is 0. The molecule has 0 aromatic rings. The summed E-state index contributed by atoms with van der Waals surface area (Å²) < 4.78 is 9.53. The van der Waals surface area contributed by atoms with Crippen LogP contribution >= 0.6 is 0 Å². The van der Waals surface area contributed by atoms with Crippen LogP contribution in [0.3, 0.4) is 0 Å². The van der Waals surface area contributed by atoms with Crippen LogP contribution in [0.4, 0.5) is 0 Å². The lowest BCUT2D eigenvalue weighted by Gasteiger charge is -2.09. The summed E-state index contributed by atoms with van der Waals surface area (Å²) in [5.41, 5.74) is 4.62. The van der Waals surface area contributed by atoms with Crippen LogP contribution in [0.25, 0.3) is 0 Å². The highest BCUT2D eigenvalue weighted by atomic mass is 16.5. The summed E-state index contributed by atoms with van der Waals surface area (Å²) >= 11 is 0. The van der Waals surface area contributed by atoms with Gasteiger partial charge in [0.1, 0.15) is 5.54 Å². The van der Waals surface area contributed by atoms with Crippen LogP contribution in [-0.2, 0) is 19.1 Å². The van der Waals surface area contributed by atoms with Crippen molar-refractivity contribution >= 4 is 11.9 Å². The molecule has 0 heterocycles. The van der Waals surface area contributed by atoms with E-state index in [0.29, 0.717) is 19.4 Å². The number of rotatable bonds is 3. The van der Waals surface area contributed by atoms with Gasteiger partial charge in [-0.2, -0.15) is 0 Å². The van der Waals surface area contributed by atoms with Gasteiger partial charge in [0.15, 0.2) is 0 Å². The van der Waals surface area contributed by atoms with E-state index in [4.69, 9.17) is 10.5 Å². The largest absolute Gasteiger partial charge is 0.469 e. The van der Waals surface area contributed by atoms with Crippen molar-refractivity contribution in [2.24, 2.45) is 17.1 Å². The van der Waals surface area contributed by atoms with E-state index in [0.717, 1.165) is 0 Å². The van der Waals surface area contributed by atoms with E-state index < -0.39 is 11.5 Å². The SMILES string of the molecule is CCOC(=O)C1(N)CC12CC2C(=O)OC. The lowest BCUT2D eigenvalue weighted by atomic mass is 10.1. The topological polar surface area (TPSA) is 78.6 Å². The molecule has 2 saturated carbocycles. The second-order valence-electron chi connectivity index (χ2n) is 4.30. The maximum absolute atomic E-state index is 11.5. The van der Waals surface area contributed by atoms with Crippen molar-refractivity contribution in [3.63, 3.8) is 0 Å². The number of methoxy groups -OCH3 is 1. The molecular formula is C10H15NO4. The number of ether oxygens (including phenoxy) is 2. The lowest BCUT2D eigenvalue weighted by Crippen LogP contribution is -2.38. The van der Waals surface area contributed by atoms with Crippen molar-refractivity contribution in [2.45, 2.75) is 25.3 Å². The highest BCUT2D eigenvalue weighted by Gasteiger charge is 2.84. The fraction of sp³-hybridized carbons (Fsp3) is 0.800. The van der Waals surface area contributed by atoms with Crippen LogP contribution < -0.4 is 5.73 Å². The zero-order valence-corrected chi connectivity index (χ0v) is 8.91. The first-order valence-corrected chi connectivity index (χ1v) is 5.06. The molecular weight excluding hydrogens is 198 g/mol. The summed E-state index contributed by atoms with van der Waals surface area (Å²) in [5, 5.41) is 0. The molecule has 2 aliphatic rings. The molecule has 0 aromatic carbocycles. The van der Waals surface area contributed by atoms with Crippen molar-refractivity contribution in [3.8, 4) is 0 Å². The molecule has 2 rings (SSSR count). The Morgan fingerprint density at radius 2 is 2.20 bits per heavy atom. The third-order valence-corrected chi connectivity index (χ3v) is 3.56. The predicted octanol–water partition coefficient (Wildman–Crippen LogP) is -0.170. The van der Waals surface area contributed by atoms with Gasteiger partial charge in [0.2, 0.25) is 0 Å². The third kappa shape index (κ3) is 1.19. The van der Waals surface area contributed by atoms with Crippen molar-refractivity contribution in [3.05, 3.63) is 0 Å². The van der Waals surface area contributed by atoms with Gasteiger partial charge in [-0.1, -0.05) is 0 Å². The molecule has 5 nitrogen and oxygen atoms in total. The van der Waals surface area contributed by atoms with Crippen LogP contribution in [0.1, 0.15) is 19.8 Å². The summed E-state index contributed by atoms with van der Waals surface area (Å²) in [7, 11) is 1.35. The molecule has 0 saturated heterocycles. The Bertz CT molecular complexity index is 329. The fourth-order valence-electron chi connectivity index (χ4n) is 2.43. The number of carbonyl (C=O) groups excluding carboxylic acids is 2. The highest BCUT2D eigenvalue weighted by Crippen LogP contribution is 2.76. The minimum atomic E-state index is -0.943. The number of esters is 2. The molecule has 84 valence electrons. The summed E-state index contributed by atoms with van der Waals surface area (Å²) in [6.07, 6.45) is 1.19. The van der Waals surface area contributed by atoms with Crippen molar-refractivity contribution < 1.29 is 19.1 Å². The van der Waals surface area contributed by atoms with E-state index in [-0.39, 0.29) is 17.3 Å². The summed E-state index contributed by atoms with van der Waals surface area (Å²) in [4.78, 5) is 22.8. The van der Waals surface area contributed by atoms with Crippen LogP contribution in [0, 0.1) is 11.3 Å². The zero-order valence-electron chi connectivity index (χ0n) is 8.91. The predicted molar refractivity (Wildman–Crippen MR) is 50.7 cm³/mol. The van der Waals surface area contributed by atoms with E-state index in [9.17, 15) is 9.59 Å².